The second-order valence-corrected chi connectivity index (χ2v) is 7.83. The Hall–Kier alpha value is -3.20. The summed E-state index contributed by atoms with van der Waals surface area (Å²) < 4.78 is 7.35. The fourth-order valence-corrected chi connectivity index (χ4v) is 4.40. The molecule has 1 fully saturated rings. The number of pyridine rings is 1. The van der Waals surface area contributed by atoms with Gasteiger partial charge in [0.2, 0.25) is 5.95 Å². The Bertz CT molecular complexity index is 1110. The molecule has 5 rings (SSSR count). The number of nitrogens with one attached hydrogen (secondary N) is 1. The molecule has 1 aliphatic carbocycles. The summed E-state index contributed by atoms with van der Waals surface area (Å²) in [5, 5.41) is 7.81. The van der Waals surface area contributed by atoms with Gasteiger partial charge in [-0.15, -0.1) is 0 Å². The van der Waals surface area contributed by atoms with Gasteiger partial charge in [-0.2, -0.15) is 10.1 Å². The highest BCUT2D eigenvalue weighted by Crippen LogP contribution is 2.50. The van der Waals surface area contributed by atoms with E-state index in [0.29, 0.717) is 28.8 Å². The van der Waals surface area contributed by atoms with Gasteiger partial charge in [-0.3, -0.25) is 9.67 Å². The first-order valence-corrected chi connectivity index (χ1v) is 9.77. The lowest BCUT2D eigenvalue weighted by Crippen LogP contribution is -2.39. The molecule has 0 aromatic carbocycles. The number of fused-ring (bicyclic) bond motifs is 1. The normalized spacial score (nSPS) is 17.9. The predicted octanol–water partition coefficient (Wildman–Crippen LogP) is 1.60. The molecule has 4 heterocycles. The van der Waals surface area contributed by atoms with Crippen molar-refractivity contribution in [3.8, 4) is 5.75 Å². The zero-order chi connectivity index (χ0) is 20.0. The number of hydrogen-bond donors (Lipinski definition) is 3. The van der Waals surface area contributed by atoms with E-state index in [1.807, 2.05) is 6.20 Å². The van der Waals surface area contributed by atoms with Crippen LogP contribution in [0.2, 0.25) is 0 Å². The maximum atomic E-state index is 6.03. The average Bonchev–Trinajstić information content (AvgIpc) is 3.10. The zero-order valence-electron chi connectivity index (χ0n) is 16.4. The number of rotatable bonds is 4. The Labute approximate surface area is 168 Å². The molecule has 5 N–H and O–H groups in total. The van der Waals surface area contributed by atoms with E-state index in [9.17, 15) is 0 Å². The molecule has 1 saturated heterocycles. The fourth-order valence-electron chi connectivity index (χ4n) is 4.40. The molecule has 3 aromatic heterocycles. The van der Waals surface area contributed by atoms with E-state index in [-0.39, 0.29) is 5.95 Å². The van der Waals surface area contributed by atoms with E-state index < -0.39 is 0 Å². The molecule has 150 valence electrons. The van der Waals surface area contributed by atoms with Gasteiger partial charge < -0.3 is 21.5 Å². The van der Waals surface area contributed by atoms with Gasteiger partial charge in [0.05, 0.1) is 19.9 Å². The molecule has 0 radical (unpaired) electrons. The number of piperidine rings is 1. The van der Waals surface area contributed by atoms with Crippen molar-refractivity contribution in [2.24, 2.45) is 5.41 Å². The monoisotopic (exact) mass is 392 g/mol. The summed E-state index contributed by atoms with van der Waals surface area (Å²) in [6, 6.07) is 2.06. The molecule has 0 amide bonds. The van der Waals surface area contributed by atoms with Crippen LogP contribution in [0.1, 0.15) is 30.5 Å². The molecule has 2 aliphatic rings. The molecule has 29 heavy (non-hydrogen) atoms. The Kier molecular flexibility index (Phi) is 4.13. The highest BCUT2D eigenvalue weighted by Gasteiger charge is 2.38. The SMILES string of the molecule is COc1cc(C2=CC3(CCNCC3)C2)cnc1Cn1ncc2nc(N)nc(N)c21. The molecule has 0 unspecified atom stereocenters. The lowest BCUT2D eigenvalue weighted by Gasteiger charge is -2.43. The molecular weight excluding hydrogens is 368 g/mol. The van der Waals surface area contributed by atoms with Crippen molar-refractivity contribution in [3.05, 3.63) is 35.8 Å². The highest BCUT2D eigenvalue weighted by molar-refractivity contribution is 5.85. The minimum absolute atomic E-state index is 0.134. The maximum Gasteiger partial charge on any atom is 0.222 e. The van der Waals surface area contributed by atoms with Crippen LogP contribution < -0.4 is 21.5 Å². The van der Waals surface area contributed by atoms with Gasteiger partial charge in [0, 0.05) is 6.20 Å². The minimum atomic E-state index is 0.134. The van der Waals surface area contributed by atoms with Crippen LogP contribution in [-0.2, 0) is 6.54 Å². The van der Waals surface area contributed by atoms with Crippen LogP contribution in [0.4, 0.5) is 11.8 Å². The van der Waals surface area contributed by atoms with E-state index in [2.05, 4.69) is 37.5 Å². The van der Waals surface area contributed by atoms with E-state index in [1.54, 1.807) is 18.0 Å². The molecule has 0 atom stereocenters. The molecule has 9 heteroatoms. The van der Waals surface area contributed by atoms with Crippen molar-refractivity contribution < 1.29 is 4.74 Å². The Balaban J connectivity index is 1.43. The molecule has 0 saturated carbocycles. The maximum absolute atomic E-state index is 6.03. The number of methoxy groups -OCH3 is 1. The molecule has 3 aromatic rings. The van der Waals surface area contributed by atoms with Crippen molar-refractivity contribution >= 4 is 28.4 Å². The van der Waals surface area contributed by atoms with Crippen LogP contribution in [0.5, 0.6) is 5.75 Å². The number of anilines is 2. The fraction of sp³-hybridized carbons (Fsp3) is 0.400. The number of ether oxygens (including phenoxy) is 1. The summed E-state index contributed by atoms with van der Waals surface area (Å²) >= 11 is 0. The van der Waals surface area contributed by atoms with Crippen molar-refractivity contribution in [3.63, 3.8) is 0 Å². The van der Waals surface area contributed by atoms with Crippen LogP contribution in [-0.4, -0.2) is 44.9 Å². The van der Waals surface area contributed by atoms with E-state index in [1.165, 1.54) is 18.4 Å². The quantitative estimate of drug-likeness (QED) is 0.610. The Morgan fingerprint density at radius 1 is 1.21 bits per heavy atom. The van der Waals surface area contributed by atoms with Gasteiger partial charge in [0.25, 0.3) is 0 Å². The molecule has 9 nitrogen and oxygen atoms in total. The first-order chi connectivity index (χ1) is 14.1. The summed E-state index contributed by atoms with van der Waals surface area (Å²) in [4.78, 5) is 12.9. The average molecular weight is 392 g/mol. The third-order valence-corrected chi connectivity index (χ3v) is 5.98. The third kappa shape index (κ3) is 3.07. The Morgan fingerprint density at radius 2 is 2.00 bits per heavy atom. The smallest absolute Gasteiger partial charge is 0.222 e. The van der Waals surface area contributed by atoms with Crippen LogP contribution in [0, 0.1) is 5.41 Å². The first-order valence-electron chi connectivity index (χ1n) is 9.77. The summed E-state index contributed by atoms with van der Waals surface area (Å²) in [6.45, 7) is 2.60. The van der Waals surface area contributed by atoms with Crippen LogP contribution in [0.3, 0.4) is 0 Å². The minimum Gasteiger partial charge on any atom is -0.495 e. The van der Waals surface area contributed by atoms with Crippen molar-refractivity contribution in [2.75, 3.05) is 31.7 Å². The molecular formula is C20H24N8O. The van der Waals surface area contributed by atoms with Crippen LogP contribution in [0.25, 0.3) is 16.6 Å². The van der Waals surface area contributed by atoms with Crippen LogP contribution in [0.15, 0.2) is 24.5 Å². The van der Waals surface area contributed by atoms with E-state index in [0.717, 1.165) is 36.5 Å². The van der Waals surface area contributed by atoms with Gasteiger partial charge >= 0.3 is 0 Å². The van der Waals surface area contributed by atoms with Crippen molar-refractivity contribution in [1.29, 1.82) is 0 Å². The van der Waals surface area contributed by atoms with Crippen molar-refractivity contribution in [1.82, 2.24) is 30.0 Å². The Morgan fingerprint density at radius 3 is 2.76 bits per heavy atom. The molecule has 0 bridgehead atoms. The molecule has 1 aliphatic heterocycles. The van der Waals surface area contributed by atoms with Gasteiger partial charge in [0.1, 0.15) is 22.5 Å². The van der Waals surface area contributed by atoms with Gasteiger partial charge in [-0.25, -0.2) is 4.98 Å². The van der Waals surface area contributed by atoms with Crippen molar-refractivity contribution in [2.45, 2.75) is 25.8 Å². The first kappa shape index (κ1) is 17.9. The number of nitrogens with zero attached hydrogens (tertiary/aromatic N) is 5. The lowest BCUT2D eigenvalue weighted by molar-refractivity contribution is 0.257. The number of nitrogen functional groups attached to an aromatic ring is 2. The second kappa shape index (κ2) is 6.70. The van der Waals surface area contributed by atoms with Gasteiger partial charge in [0.15, 0.2) is 5.82 Å². The third-order valence-electron chi connectivity index (χ3n) is 5.98. The summed E-state index contributed by atoms with van der Waals surface area (Å²) in [6.07, 6.45) is 9.49. The largest absolute Gasteiger partial charge is 0.495 e. The number of nitrogens with two attached hydrogens (primary N) is 2. The highest BCUT2D eigenvalue weighted by atomic mass is 16.5. The summed E-state index contributed by atoms with van der Waals surface area (Å²) in [5.41, 5.74) is 16.6. The molecule has 1 spiro atoms. The second-order valence-electron chi connectivity index (χ2n) is 7.83. The van der Waals surface area contributed by atoms with Gasteiger partial charge in [-0.1, -0.05) is 6.08 Å². The van der Waals surface area contributed by atoms with Crippen LogP contribution >= 0.6 is 0 Å². The standard InChI is InChI=1S/C20H24N8O/c1-29-16-6-12(13-7-20(8-13)2-4-23-5-3-20)9-24-15(16)11-28-17-14(10-25-28)26-19(22)27-18(17)21/h6-7,9-10,23H,2-5,8,11H2,1H3,(H4,21,22,26,27). The number of hydrogen-bond acceptors (Lipinski definition) is 8. The number of aromatic nitrogens is 5. The summed E-state index contributed by atoms with van der Waals surface area (Å²) in [5.74, 6) is 1.16. The van der Waals surface area contributed by atoms with E-state index in [4.69, 9.17) is 16.2 Å². The predicted molar refractivity (Wildman–Crippen MR) is 111 cm³/mol. The van der Waals surface area contributed by atoms with Gasteiger partial charge in [-0.05, 0) is 55.0 Å². The zero-order valence-corrected chi connectivity index (χ0v) is 16.4. The topological polar surface area (TPSA) is 130 Å². The lowest BCUT2D eigenvalue weighted by atomic mass is 9.64. The summed E-state index contributed by atoms with van der Waals surface area (Å²) in [7, 11) is 1.66. The number of allylic oxidation sites excluding steroid dienone is 2. The van der Waals surface area contributed by atoms with E-state index >= 15 is 0 Å².